The summed E-state index contributed by atoms with van der Waals surface area (Å²) < 4.78 is 41.9. The van der Waals surface area contributed by atoms with Crippen LogP contribution in [0.3, 0.4) is 0 Å². The maximum Gasteiger partial charge on any atom is 0.345 e. The van der Waals surface area contributed by atoms with E-state index in [4.69, 9.17) is 0 Å². The fourth-order valence-electron chi connectivity index (χ4n) is 2.05. The number of H-pyrrole nitrogens is 1. The van der Waals surface area contributed by atoms with Crippen molar-refractivity contribution in [1.82, 2.24) is 9.97 Å². The third kappa shape index (κ3) is 2.05. The molecule has 3 rings (SSSR count). The van der Waals surface area contributed by atoms with E-state index in [1.165, 1.54) is 6.07 Å². The van der Waals surface area contributed by atoms with E-state index in [0.29, 0.717) is 12.8 Å². The highest BCUT2D eigenvalue weighted by Gasteiger charge is 2.49. The molecule has 3 nitrogen and oxygen atoms in total. The lowest BCUT2D eigenvalue weighted by molar-refractivity contribution is -0.0315. The first-order valence-corrected chi connectivity index (χ1v) is 6.46. The molecule has 1 aromatic carbocycles. The predicted octanol–water partition coefficient (Wildman–Crippen LogP) is 3.33. The normalized spacial score (nSPS) is 16.0. The summed E-state index contributed by atoms with van der Waals surface area (Å²) in [5.74, 6) is -4.63. The Morgan fingerprint density at radius 3 is 2.68 bits per heavy atom. The fraction of sp³-hybridized carbons (Fsp3) is 0.333. The lowest BCUT2D eigenvalue weighted by Crippen LogP contribution is -2.24. The molecule has 0 unspecified atom stereocenters. The molecule has 1 saturated carbocycles. The minimum Gasteiger partial charge on any atom is -0.304 e. The first kappa shape index (κ1) is 12.7. The number of aromatic amines is 1. The zero-order chi connectivity index (χ0) is 13.8. The second-order valence-electron chi connectivity index (χ2n) is 4.60. The Balaban J connectivity index is 2.34. The van der Waals surface area contributed by atoms with Crippen molar-refractivity contribution in [2.75, 3.05) is 0 Å². The van der Waals surface area contributed by atoms with Gasteiger partial charge in [0.2, 0.25) is 0 Å². The molecule has 2 aromatic rings. The number of nitrogens with zero attached hydrogens (tertiary/aromatic N) is 1. The van der Waals surface area contributed by atoms with E-state index in [9.17, 15) is 18.0 Å². The summed E-state index contributed by atoms with van der Waals surface area (Å²) in [5.41, 5.74) is -1.36. The van der Waals surface area contributed by atoms with Crippen LogP contribution in [0.4, 0.5) is 13.2 Å². The number of nitrogens with one attached hydrogen (secondary N) is 1. The molecular formula is C12H8BrF3N2O. The number of alkyl halides is 2. The number of aromatic nitrogens is 2. The monoisotopic (exact) mass is 332 g/mol. The number of hydrogen-bond donors (Lipinski definition) is 1. The Morgan fingerprint density at radius 1 is 1.37 bits per heavy atom. The average Bonchev–Trinajstić information content (AvgIpc) is 3.14. The second-order valence-corrected chi connectivity index (χ2v) is 5.45. The van der Waals surface area contributed by atoms with E-state index in [-0.39, 0.29) is 15.4 Å². The minimum atomic E-state index is -3.17. The first-order chi connectivity index (χ1) is 8.89. The van der Waals surface area contributed by atoms with E-state index in [1.54, 1.807) is 0 Å². The molecule has 1 aromatic heterocycles. The Labute approximate surface area is 114 Å². The molecule has 1 aliphatic rings. The zero-order valence-corrected chi connectivity index (χ0v) is 11.1. The van der Waals surface area contributed by atoms with Crippen LogP contribution in [-0.4, -0.2) is 9.97 Å². The topological polar surface area (TPSA) is 45.8 Å². The van der Waals surface area contributed by atoms with Crippen LogP contribution in [0.1, 0.15) is 18.5 Å². The molecule has 0 saturated heterocycles. The van der Waals surface area contributed by atoms with Crippen molar-refractivity contribution in [3.8, 4) is 0 Å². The van der Waals surface area contributed by atoms with Gasteiger partial charge in [-0.15, -0.1) is 0 Å². The summed E-state index contributed by atoms with van der Waals surface area (Å²) in [6.07, 6.45) is 0.801. The molecule has 0 radical (unpaired) electrons. The van der Waals surface area contributed by atoms with Crippen LogP contribution in [0.15, 0.2) is 21.4 Å². The molecule has 0 atom stereocenters. The molecule has 1 aliphatic carbocycles. The number of rotatable bonds is 2. The van der Waals surface area contributed by atoms with Crippen molar-refractivity contribution >= 4 is 26.8 Å². The van der Waals surface area contributed by atoms with E-state index < -0.39 is 29.0 Å². The standard InChI is InChI=1S/C12H8BrF3N2O/c13-7-4-9-6(3-8(7)14)10(18-11(19)17-9)12(15,16)5-1-2-5/h3-5H,1-2H2,(H,17,18,19). The highest BCUT2D eigenvalue weighted by atomic mass is 79.9. The number of hydrogen-bond acceptors (Lipinski definition) is 2. The van der Waals surface area contributed by atoms with Crippen LogP contribution in [0, 0.1) is 11.7 Å². The summed E-state index contributed by atoms with van der Waals surface area (Å²) in [5, 5.41) is -0.0581. The highest BCUT2D eigenvalue weighted by Crippen LogP contribution is 2.50. The van der Waals surface area contributed by atoms with Gasteiger partial charge in [-0.25, -0.2) is 9.18 Å². The Hall–Kier alpha value is -1.37. The molecule has 0 bridgehead atoms. The summed E-state index contributed by atoms with van der Waals surface area (Å²) >= 11 is 2.94. The van der Waals surface area contributed by atoms with Gasteiger partial charge in [0.25, 0.3) is 5.92 Å². The Kier molecular flexibility index (Phi) is 2.70. The Morgan fingerprint density at radius 2 is 2.05 bits per heavy atom. The van der Waals surface area contributed by atoms with Gasteiger partial charge in [-0.05, 0) is 40.9 Å². The molecule has 0 amide bonds. The van der Waals surface area contributed by atoms with Crippen molar-refractivity contribution < 1.29 is 13.2 Å². The van der Waals surface area contributed by atoms with Crippen molar-refractivity contribution in [1.29, 1.82) is 0 Å². The number of halogens is 4. The van der Waals surface area contributed by atoms with Gasteiger partial charge in [0.05, 0.1) is 15.7 Å². The van der Waals surface area contributed by atoms with E-state index in [1.807, 2.05) is 0 Å². The average molecular weight is 333 g/mol. The molecule has 7 heteroatoms. The molecule has 1 heterocycles. The Bertz CT molecular complexity index is 725. The fourth-order valence-corrected chi connectivity index (χ4v) is 2.38. The van der Waals surface area contributed by atoms with Crippen molar-refractivity contribution in [2.45, 2.75) is 18.8 Å². The van der Waals surface area contributed by atoms with Crippen LogP contribution in [-0.2, 0) is 5.92 Å². The molecular weight excluding hydrogens is 325 g/mol. The lowest BCUT2D eigenvalue weighted by Gasteiger charge is -2.17. The highest BCUT2D eigenvalue weighted by molar-refractivity contribution is 9.10. The van der Waals surface area contributed by atoms with Gasteiger partial charge in [-0.1, -0.05) is 0 Å². The second kappa shape index (κ2) is 4.06. The predicted molar refractivity (Wildman–Crippen MR) is 66.6 cm³/mol. The van der Waals surface area contributed by atoms with Crippen LogP contribution in [0.2, 0.25) is 0 Å². The molecule has 100 valence electrons. The van der Waals surface area contributed by atoms with Crippen LogP contribution in [0.25, 0.3) is 10.9 Å². The van der Waals surface area contributed by atoms with Gasteiger partial charge in [0.1, 0.15) is 5.82 Å². The molecule has 1 N–H and O–H groups in total. The van der Waals surface area contributed by atoms with Gasteiger partial charge in [0, 0.05) is 11.3 Å². The van der Waals surface area contributed by atoms with E-state index >= 15 is 0 Å². The van der Waals surface area contributed by atoms with Gasteiger partial charge in [0.15, 0.2) is 0 Å². The minimum absolute atomic E-state index is 0.0485. The number of benzene rings is 1. The van der Waals surface area contributed by atoms with E-state index in [2.05, 4.69) is 25.9 Å². The summed E-state index contributed by atoms with van der Waals surface area (Å²) in [6, 6.07) is 2.19. The summed E-state index contributed by atoms with van der Waals surface area (Å²) in [4.78, 5) is 17.0. The largest absolute Gasteiger partial charge is 0.345 e. The molecule has 0 aliphatic heterocycles. The summed E-state index contributed by atoms with van der Waals surface area (Å²) in [7, 11) is 0. The SMILES string of the molecule is O=c1nc2cc(Br)c(F)cc2c(C(F)(F)C2CC2)[nH]1. The van der Waals surface area contributed by atoms with Gasteiger partial charge in [-0.2, -0.15) is 13.8 Å². The maximum absolute atomic E-state index is 14.2. The molecule has 0 spiro atoms. The van der Waals surface area contributed by atoms with Crippen molar-refractivity contribution in [3.05, 3.63) is 38.6 Å². The summed E-state index contributed by atoms with van der Waals surface area (Å²) in [6.45, 7) is 0. The third-order valence-corrected chi connectivity index (χ3v) is 3.79. The van der Waals surface area contributed by atoms with Crippen molar-refractivity contribution in [3.63, 3.8) is 0 Å². The number of fused-ring (bicyclic) bond motifs is 1. The van der Waals surface area contributed by atoms with Crippen molar-refractivity contribution in [2.24, 2.45) is 5.92 Å². The van der Waals surface area contributed by atoms with Gasteiger partial charge in [-0.3, -0.25) is 0 Å². The zero-order valence-electron chi connectivity index (χ0n) is 9.51. The van der Waals surface area contributed by atoms with Gasteiger partial charge >= 0.3 is 5.69 Å². The van der Waals surface area contributed by atoms with Crippen LogP contribution >= 0.6 is 15.9 Å². The quantitative estimate of drug-likeness (QED) is 0.916. The smallest absolute Gasteiger partial charge is 0.304 e. The van der Waals surface area contributed by atoms with Gasteiger partial charge < -0.3 is 4.98 Å². The molecule has 1 fully saturated rings. The van der Waals surface area contributed by atoms with Crippen LogP contribution in [0.5, 0.6) is 0 Å². The lowest BCUT2D eigenvalue weighted by atomic mass is 10.1. The maximum atomic E-state index is 14.2. The van der Waals surface area contributed by atoms with Crippen LogP contribution < -0.4 is 5.69 Å². The third-order valence-electron chi connectivity index (χ3n) is 3.19. The first-order valence-electron chi connectivity index (χ1n) is 5.67. The van der Waals surface area contributed by atoms with E-state index in [0.717, 1.165) is 6.07 Å². The molecule has 19 heavy (non-hydrogen) atoms.